The lowest BCUT2D eigenvalue weighted by molar-refractivity contribution is -0.0435. The predicted molar refractivity (Wildman–Crippen MR) is 278 cm³/mol. The van der Waals surface area contributed by atoms with Crippen LogP contribution in [0.25, 0.3) is 22.4 Å². The highest BCUT2D eigenvalue weighted by Gasteiger charge is 2.48. The lowest BCUT2D eigenvalue weighted by Gasteiger charge is -2.38. The number of piperazine rings is 2. The number of anilines is 2. The SMILES string of the molecule is C=C/C=C(\C=C/CNS(=O)c1ccc(NSc2ccccc2)c(S(=O)(=O)C(F)(F)F)c1)N1CCN(c2cccc(-c3c(C(=O)NCCCN4CCN(C)CC4)c(C)n(C)c3-c3ccc(C)cc3)c2)CC1. The number of sulfone groups is 1. The van der Waals surface area contributed by atoms with Gasteiger partial charge in [0.2, 0.25) is 0 Å². The topological polar surface area (TPSA) is 122 Å². The third-order valence-electron chi connectivity index (χ3n) is 12.6. The molecule has 1 aromatic heterocycles. The first-order valence-electron chi connectivity index (χ1n) is 23.2. The zero-order valence-corrected chi connectivity index (χ0v) is 42.4. The number of nitrogens with zero attached hydrogens (tertiary/aromatic N) is 5. The Kier molecular flexibility index (Phi) is 17.5. The normalized spacial score (nSPS) is 15.9. The third-order valence-corrected chi connectivity index (χ3v) is 16.1. The van der Waals surface area contributed by atoms with Gasteiger partial charge in [0.15, 0.2) is 0 Å². The molecule has 0 spiro atoms. The maximum Gasteiger partial charge on any atom is 0.501 e. The van der Waals surface area contributed by atoms with Crippen molar-refractivity contribution in [2.75, 3.05) is 88.7 Å². The van der Waals surface area contributed by atoms with Crippen LogP contribution in [0, 0.1) is 13.8 Å². The lowest BCUT2D eigenvalue weighted by atomic mass is 9.95. The van der Waals surface area contributed by atoms with Gasteiger partial charge in [-0.3, -0.25) is 4.79 Å². The minimum Gasteiger partial charge on any atom is -0.368 e. The molecule has 7 rings (SSSR count). The molecule has 70 heavy (non-hydrogen) atoms. The second-order valence-corrected chi connectivity index (χ2v) is 21.4. The fraction of sp³-hybridized carbons (Fsp3) is 0.327. The van der Waals surface area contributed by atoms with Gasteiger partial charge in [0.05, 0.1) is 21.8 Å². The monoisotopic (exact) mass is 1010 g/mol. The van der Waals surface area contributed by atoms with Crippen LogP contribution in [0.4, 0.5) is 24.5 Å². The maximum atomic E-state index is 14.2. The van der Waals surface area contributed by atoms with Gasteiger partial charge in [0.25, 0.3) is 15.7 Å². The van der Waals surface area contributed by atoms with Crippen molar-refractivity contribution in [1.29, 1.82) is 0 Å². The molecule has 2 saturated heterocycles. The minimum atomic E-state index is -5.78. The molecule has 1 unspecified atom stereocenters. The Bertz CT molecular complexity index is 2820. The fourth-order valence-corrected chi connectivity index (χ4v) is 11.2. The summed E-state index contributed by atoms with van der Waals surface area (Å²) in [5.41, 5.74) is 2.63. The first-order valence-corrected chi connectivity index (χ1v) is 26.6. The number of hydrogen-bond acceptors (Lipinski definition) is 10. The summed E-state index contributed by atoms with van der Waals surface area (Å²) >= 11 is 0.954. The van der Waals surface area contributed by atoms with Gasteiger partial charge in [-0.05, 0) is 112 Å². The highest BCUT2D eigenvalue weighted by atomic mass is 32.2. The van der Waals surface area contributed by atoms with Gasteiger partial charge >= 0.3 is 5.51 Å². The Morgan fingerprint density at radius 2 is 1.57 bits per heavy atom. The molecule has 0 saturated carbocycles. The van der Waals surface area contributed by atoms with Crippen LogP contribution < -0.4 is 19.7 Å². The molecule has 0 radical (unpaired) electrons. The number of carbonyl (C=O) groups excluding carboxylic acids is 1. The van der Waals surface area contributed by atoms with E-state index in [1.807, 2.05) is 32.2 Å². The van der Waals surface area contributed by atoms with E-state index in [9.17, 15) is 30.6 Å². The summed E-state index contributed by atoms with van der Waals surface area (Å²) < 4.78 is 87.5. The number of likely N-dealkylation sites (N-methyl/N-ethyl adjacent to an activating group) is 1. The van der Waals surface area contributed by atoms with Crippen LogP contribution in [0.5, 0.6) is 0 Å². The van der Waals surface area contributed by atoms with E-state index < -0.39 is 31.2 Å². The average Bonchev–Trinajstić information content (AvgIpc) is 3.62. The average molecular weight is 1020 g/mol. The Morgan fingerprint density at radius 3 is 2.26 bits per heavy atom. The highest BCUT2D eigenvalue weighted by molar-refractivity contribution is 8.00. The molecular formula is C52H61F3N8O4S3. The molecule has 12 nitrogen and oxygen atoms in total. The number of allylic oxidation sites excluding steroid dienone is 3. The van der Waals surface area contributed by atoms with Crippen LogP contribution in [-0.2, 0) is 27.9 Å². The van der Waals surface area contributed by atoms with E-state index in [-0.39, 0.29) is 23.0 Å². The number of benzene rings is 4. The summed E-state index contributed by atoms with van der Waals surface area (Å²) in [6.07, 6.45) is 8.04. The van der Waals surface area contributed by atoms with Gasteiger partial charge in [-0.25, -0.2) is 17.3 Å². The molecule has 0 aliphatic carbocycles. The summed E-state index contributed by atoms with van der Waals surface area (Å²) in [6, 6.07) is 28.8. The van der Waals surface area contributed by atoms with E-state index in [2.05, 4.69) is 102 Å². The number of halogens is 3. The number of carbonyl (C=O) groups is 1. The molecule has 18 heteroatoms. The molecule has 3 N–H and O–H groups in total. The van der Waals surface area contributed by atoms with Crippen LogP contribution in [0.3, 0.4) is 0 Å². The number of alkyl halides is 3. The van der Waals surface area contributed by atoms with Crippen LogP contribution in [0.2, 0.25) is 0 Å². The molecule has 2 aliphatic rings. The Balaban J connectivity index is 1.01. The lowest BCUT2D eigenvalue weighted by Crippen LogP contribution is -2.45. The zero-order valence-electron chi connectivity index (χ0n) is 40.0. The molecule has 1 amide bonds. The molecule has 2 fully saturated rings. The quantitative estimate of drug-likeness (QED) is 0.0421. The second-order valence-electron chi connectivity index (χ2n) is 17.4. The van der Waals surface area contributed by atoms with E-state index in [1.165, 1.54) is 12.1 Å². The number of nitrogens with one attached hydrogen (secondary N) is 3. The van der Waals surface area contributed by atoms with Crippen LogP contribution >= 0.6 is 11.9 Å². The van der Waals surface area contributed by atoms with Crippen molar-refractivity contribution >= 4 is 50.1 Å². The highest BCUT2D eigenvalue weighted by Crippen LogP contribution is 2.41. The van der Waals surface area contributed by atoms with E-state index in [4.69, 9.17) is 0 Å². The predicted octanol–water partition coefficient (Wildman–Crippen LogP) is 8.82. The minimum absolute atomic E-state index is 0.0687. The molecule has 3 heterocycles. The maximum absolute atomic E-state index is 14.2. The molecule has 4 aromatic carbocycles. The third kappa shape index (κ3) is 12.6. The molecule has 372 valence electrons. The van der Waals surface area contributed by atoms with Gasteiger partial charge in [0.1, 0.15) is 15.9 Å². The van der Waals surface area contributed by atoms with Crippen molar-refractivity contribution in [1.82, 2.24) is 29.3 Å². The Hall–Kier alpha value is -5.63. The van der Waals surface area contributed by atoms with Gasteiger partial charge < -0.3 is 34.2 Å². The first kappa shape index (κ1) is 52.2. The summed E-state index contributed by atoms with van der Waals surface area (Å²) in [6.45, 7) is 16.5. The molecule has 0 bridgehead atoms. The van der Waals surface area contributed by atoms with Crippen LogP contribution in [-0.4, -0.2) is 122 Å². The van der Waals surface area contributed by atoms with E-state index in [0.29, 0.717) is 43.2 Å². The van der Waals surface area contributed by atoms with Crippen LogP contribution in [0.15, 0.2) is 148 Å². The fourth-order valence-electron chi connectivity index (χ4n) is 8.58. The number of hydrogen-bond donors (Lipinski definition) is 3. The van der Waals surface area contributed by atoms with Gasteiger partial charge in [0, 0.05) is 100 Å². The number of rotatable bonds is 19. The van der Waals surface area contributed by atoms with Crippen molar-refractivity contribution < 1.29 is 30.6 Å². The van der Waals surface area contributed by atoms with E-state index in [0.717, 1.165) is 102 Å². The summed E-state index contributed by atoms with van der Waals surface area (Å²) in [7, 11) is -3.65. The molecular weight excluding hydrogens is 954 g/mol. The largest absolute Gasteiger partial charge is 0.501 e. The second kappa shape index (κ2) is 23.5. The summed E-state index contributed by atoms with van der Waals surface area (Å²) in [5.74, 6) is -0.0824. The van der Waals surface area contributed by atoms with E-state index in [1.54, 1.807) is 42.5 Å². The Morgan fingerprint density at radius 1 is 0.857 bits per heavy atom. The number of aromatic nitrogens is 1. The van der Waals surface area contributed by atoms with E-state index >= 15 is 0 Å². The molecule has 2 aliphatic heterocycles. The first-order chi connectivity index (χ1) is 33.5. The van der Waals surface area contributed by atoms with Gasteiger partial charge in [-0.1, -0.05) is 78.9 Å². The standard InChI is InChI=1S/C52H61F3N8O4S3/c1-6-13-42(16-11-26-57-69(65)45-23-24-46(58-68-44-17-8-7-9-18-44)47(37-45)70(66,67)52(53,54)55)62-32-34-63(35-33-62)43-15-10-14-41(36-43)49-48(39(3)60(5)50(49)40-21-19-38(2)20-22-40)51(64)56-25-12-27-61-30-28-59(4)29-31-61/h6-11,13-24,36-37,57-58H,1,12,25-35H2,2-5H3,(H,56,64)/b16-11-,42-13+. The van der Waals surface area contributed by atoms with Crippen molar-refractivity contribution in [3.05, 3.63) is 150 Å². The number of aryl methyl sites for hydroxylation is 1. The molecule has 5 aromatic rings. The van der Waals surface area contributed by atoms with Crippen molar-refractivity contribution in [2.24, 2.45) is 7.05 Å². The Labute approximate surface area is 416 Å². The van der Waals surface area contributed by atoms with Crippen LogP contribution in [0.1, 0.15) is 28.0 Å². The van der Waals surface area contributed by atoms with Gasteiger partial charge in [-0.2, -0.15) is 13.2 Å². The van der Waals surface area contributed by atoms with Gasteiger partial charge in [-0.15, -0.1) is 0 Å². The van der Waals surface area contributed by atoms with Crippen molar-refractivity contribution in [2.45, 2.75) is 40.5 Å². The summed E-state index contributed by atoms with van der Waals surface area (Å²) in [5, 5.41) is 3.26. The zero-order chi connectivity index (χ0) is 50.0. The number of amides is 1. The van der Waals surface area contributed by atoms with Crippen molar-refractivity contribution in [3.8, 4) is 22.4 Å². The molecule has 1 atom stereocenters. The van der Waals surface area contributed by atoms with Crippen molar-refractivity contribution in [3.63, 3.8) is 0 Å². The smallest absolute Gasteiger partial charge is 0.368 e. The summed E-state index contributed by atoms with van der Waals surface area (Å²) in [4.78, 5) is 23.1.